The van der Waals surface area contributed by atoms with Crippen LogP contribution in [0.1, 0.15) is 23.4 Å². The number of carbonyl (C=O) groups excluding carboxylic acids is 1. The van der Waals surface area contributed by atoms with Crippen molar-refractivity contribution in [2.24, 2.45) is 0 Å². The summed E-state index contributed by atoms with van der Waals surface area (Å²) in [7, 11) is 0. The highest BCUT2D eigenvalue weighted by atomic mass is 35.5. The lowest BCUT2D eigenvalue weighted by molar-refractivity contribution is -0.121. The van der Waals surface area contributed by atoms with E-state index < -0.39 is 0 Å². The fourth-order valence-electron chi connectivity index (χ4n) is 3.90. The summed E-state index contributed by atoms with van der Waals surface area (Å²) in [4.78, 5) is 16.9. The molecule has 8 heteroatoms. The van der Waals surface area contributed by atoms with Gasteiger partial charge in [0.25, 0.3) is 0 Å². The maximum absolute atomic E-state index is 12.5. The molecule has 0 aliphatic heterocycles. The normalized spacial score (nSPS) is 10.9. The van der Waals surface area contributed by atoms with Crippen LogP contribution in [0.3, 0.4) is 0 Å². The van der Waals surface area contributed by atoms with Gasteiger partial charge in [-0.05, 0) is 52.6 Å². The zero-order valence-corrected chi connectivity index (χ0v) is 20.2. The summed E-state index contributed by atoms with van der Waals surface area (Å²) in [5.41, 5.74) is 5.23. The first-order valence-corrected chi connectivity index (χ1v) is 12.0. The van der Waals surface area contributed by atoms with Crippen LogP contribution in [0.15, 0.2) is 95.8 Å². The molecular weight excluding hydrogens is 474 g/mol. The van der Waals surface area contributed by atoms with Crippen LogP contribution in [0.2, 0.25) is 5.02 Å². The van der Waals surface area contributed by atoms with Gasteiger partial charge in [-0.3, -0.25) is 9.48 Å². The van der Waals surface area contributed by atoms with E-state index >= 15 is 0 Å². The van der Waals surface area contributed by atoms with Gasteiger partial charge in [-0.1, -0.05) is 65.3 Å². The third-order valence-corrected chi connectivity index (χ3v) is 6.05. The van der Waals surface area contributed by atoms with E-state index in [1.54, 1.807) is 18.3 Å². The van der Waals surface area contributed by atoms with E-state index in [-0.39, 0.29) is 12.3 Å². The molecule has 1 amide bonds. The Kier molecular flexibility index (Phi) is 7.19. The predicted molar refractivity (Wildman–Crippen MR) is 138 cm³/mol. The third-order valence-electron chi connectivity index (χ3n) is 5.80. The number of aryl methyl sites for hydroxylation is 1. The topological polar surface area (TPSA) is 85.8 Å². The molecule has 2 heterocycles. The summed E-state index contributed by atoms with van der Waals surface area (Å²) in [5, 5.41) is 11.9. The lowest BCUT2D eigenvalue weighted by atomic mass is 9.98. The van der Waals surface area contributed by atoms with Crippen molar-refractivity contribution in [2.75, 3.05) is 0 Å². The van der Waals surface area contributed by atoms with Crippen molar-refractivity contribution in [2.45, 2.75) is 25.9 Å². The predicted octanol–water partition coefficient (Wildman–Crippen LogP) is 5.55. The molecule has 0 atom stereocenters. The van der Waals surface area contributed by atoms with Crippen LogP contribution < -0.4 is 5.32 Å². The van der Waals surface area contributed by atoms with E-state index in [9.17, 15) is 4.79 Å². The highest BCUT2D eigenvalue weighted by molar-refractivity contribution is 6.30. The van der Waals surface area contributed by atoms with Gasteiger partial charge in [0.2, 0.25) is 17.6 Å². The van der Waals surface area contributed by atoms with E-state index in [4.69, 9.17) is 16.1 Å². The average Bonchev–Trinajstić information content (AvgIpc) is 3.60. The van der Waals surface area contributed by atoms with Crippen molar-refractivity contribution in [1.29, 1.82) is 0 Å². The molecule has 0 bridgehead atoms. The van der Waals surface area contributed by atoms with E-state index in [1.165, 1.54) is 5.56 Å². The first-order chi connectivity index (χ1) is 17.6. The van der Waals surface area contributed by atoms with Crippen LogP contribution in [-0.2, 0) is 24.3 Å². The van der Waals surface area contributed by atoms with Crippen molar-refractivity contribution in [3.05, 3.63) is 113 Å². The number of hydrogen-bond donors (Lipinski definition) is 1. The highest BCUT2D eigenvalue weighted by Gasteiger charge is 2.12. The van der Waals surface area contributed by atoms with Crippen molar-refractivity contribution in [3.8, 4) is 22.5 Å². The quantitative estimate of drug-likeness (QED) is 0.288. The number of hydrogen-bond acceptors (Lipinski definition) is 5. The Morgan fingerprint density at radius 3 is 2.50 bits per heavy atom. The molecule has 0 aliphatic rings. The van der Waals surface area contributed by atoms with E-state index in [0.717, 1.165) is 28.8 Å². The maximum atomic E-state index is 12.5. The number of aromatic nitrogens is 4. The second-order valence-corrected chi connectivity index (χ2v) is 8.79. The second kappa shape index (κ2) is 11.0. The Hall–Kier alpha value is -4.23. The largest absolute Gasteiger partial charge is 0.352 e. The van der Waals surface area contributed by atoms with Crippen LogP contribution in [0.4, 0.5) is 0 Å². The summed E-state index contributed by atoms with van der Waals surface area (Å²) in [6, 6.07) is 25.6. The number of nitrogens with zero attached hydrogens (tertiary/aromatic N) is 4. The molecule has 0 saturated heterocycles. The smallest absolute Gasteiger partial charge is 0.227 e. The Bertz CT molecular complexity index is 1430. The summed E-state index contributed by atoms with van der Waals surface area (Å²) in [6.45, 7) is 1.16. The number of benzene rings is 3. The molecule has 2 aromatic heterocycles. The van der Waals surface area contributed by atoms with Gasteiger partial charge in [0, 0.05) is 42.4 Å². The Labute approximate surface area is 213 Å². The molecule has 5 rings (SSSR count). The maximum Gasteiger partial charge on any atom is 0.227 e. The van der Waals surface area contributed by atoms with Crippen molar-refractivity contribution in [1.82, 2.24) is 25.2 Å². The minimum Gasteiger partial charge on any atom is -0.352 e. The molecule has 0 spiro atoms. The minimum atomic E-state index is -0.0781. The van der Waals surface area contributed by atoms with Crippen LogP contribution in [-0.4, -0.2) is 25.8 Å². The molecule has 36 heavy (non-hydrogen) atoms. The van der Waals surface area contributed by atoms with Crippen LogP contribution >= 0.6 is 11.6 Å². The van der Waals surface area contributed by atoms with Crippen LogP contribution in [0.5, 0.6) is 0 Å². The zero-order valence-electron chi connectivity index (χ0n) is 19.5. The van der Waals surface area contributed by atoms with Crippen molar-refractivity contribution >= 4 is 17.5 Å². The van der Waals surface area contributed by atoms with Gasteiger partial charge in [-0.2, -0.15) is 10.1 Å². The number of rotatable bonds is 9. The molecule has 3 aromatic carbocycles. The summed E-state index contributed by atoms with van der Waals surface area (Å²) < 4.78 is 7.20. The van der Waals surface area contributed by atoms with Gasteiger partial charge in [-0.25, -0.2) is 0 Å². The number of carbonyl (C=O) groups is 1. The molecule has 1 N–H and O–H groups in total. The lowest BCUT2D eigenvalue weighted by Gasteiger charge is -2.12. The molecule has 7 nitrogen and oxygen atoms in total. The van der Waals surface area contributed by atoms with Crippen molar-refractivity contribution in [3.63, 3.8) is 0 Å². The third kappa shape index (κ3) is 5.87. The van der Waals surface area contributed by atoms with E-state index in [0.29, 0.717) is 29.7 Å². The summed E-state index contributed by atoms with van der Waals surface area (Å²) in [6.07, 6.45) is 4.35. The van der Waals surface area contributed by atoms with Gasteiger partial charge in [0.15, 0.2) is 0 Å². The van der Waals surface area contributed by atoms with Crippen LogP contribution in [0.25, 0.3) is 22.5 Å². The standard InChI is InChI=1S/C28H24ClN5O2/c29-24-12-10-22(11-13-24)28-32-27(36-33-28)15-14-26(35)30-18-23-4-1-2-5-25(23)21-8-6-20(7-9-21)19-34-17-3-16-31-34/h1-13,16-17H,14-15,18-19H2,(H,30,35). The average molecular weight is 498 g/mol. The number of nitrogens with one attached hydrogen (secondary N) is 1. The second-order valence-electron chi connectivity index (χ2n) is 8.35. The molecule has 180 valence electrons. The first-order valence-electron chi connectivity index (χ1n) is 11.6. The van der Waals surface area contributed by atoms with Gasteiger partial charge in [-0.15, -0.1) is 0 Å². The molecule has 5 aromatic rings. The van der Waals surface area contributed by atoms with Gasteiger partial charge in [0.05, 0.1) is 6.54 Å². The van der Waals surface area contributed by atoms with E-state index in [1.807, 2.05) is 47.3 Å². The highest BCUT2D eigenvalue weighted by Crippen LogP contribution is 2.24. The monoisotopic (exact) mass is 497 g/mol. The Balaban J connectivity index is 1.16. The zero-order chi connectivity index (χ0) is 24.7. The fourth-order valence-corrected chi connectivity index (χ4v) is 4.03. The van der Waals surface area contributed by atoms with Gasteiger partial charge in [0.1, 0.15) is 0 Å². The minimum absolute atomic E-state index is 0.0781. The summed E-state index contributed by atoms with van der Waals surface area (Å²) in [5.74, 6) is 0.822. The SMILES string of the molecule is O=C(CCc1nc(-c2ccc(Cl)cc2)no1)NCc1ccccc1-c1ccc(Cn2cccn2)cc1. The van der Waals surface area contributed by atoms with Gasteiger partial charge < -0.3 is 9.84 Å². The molecule has 0 radical (unpaired) electrons. The first kappa shape index (κ1) is 23.5. The number of halogens is 1. The summed E-state index contributed by atoms with van der Waals surface area (Å²) >= 11 is 5.93. The molecular formula is C28H24ClN5O2. The molecule has 0 fully saturated rings. The molecule has 0 aliphatic carbocycles. The lowest BCUT2D eigenvalue weighted by Crippen LogP contribution is -2.23. The van der Waals surface area contributed by atoms with E-state index in [2.05, 4.69) is 50.9 Å². The van der Waals surface area contributed by atoms with Crippen LogP contribution in [0, 0.1) is 0 Å². The number of amides is 1. The Morgan fingerprint density at radius 2 is 1.72 bits per heavy atom. The fraction of sp³-hybridized carbons (Fsp3) is 0.143. The van der Waals surface area contributed by atoms with Crippen molar-refractivity contribution < 1.29 is 9.32 Å². The Morgan fingerprint density at radius 1 is 0.944 bits per heavy atom. The van der Waals surface area contributed by atoms with Gasteiger partial charge >= 0.3 is 0 Å². The molecule has 0 saturated carbocycles. The molecule has 0 unspecified atom stereocenters.